The Balaban J connectivity index is 2.20. The lowest BCUT2D eigenvalue weighted by molar-refractivity contribution is -0.115. The van der Waals surface area contributed by atoms with Crippen LogP contribution in [-0.4, -0.2) is 16.1 Å². The van der Waals surface area contributed by atoms with Crippen molar-refractivity contribution in [3.8, 4) is 12.1 Å². The smallest absolute Gasteiger partial charge is 0.237 e. The van der Waals surface area contributed by atoms with Crippen molar-refractivity contribution in [2.24, 2.45) is 0 Å². The van der Waals surface area contributed by atoms with Crippen molar-refractivity contribution >= 4 is 29.2 Å². The molecule has 3 N–H and O–H groups in total. The number of amides is 1. The highest BCUT2D eigenvalue weighted by atomic mass is 32.2. The molecule has 0 saturated heterocycles. The van der Waals surface area contributed by atoms with Crippen molar-refractivity contribution in [2.75, 3.05) is 11.1 Å². The Kier molecular flexibility index (Phi) is 6.21. The molecular formula is C19H19N5OS. The van der Waals surface area contributed by atoms with Crippen molar-refractivity contribution < 1.29 is 4.79 Å². The predicted octanol–water partition coefficient (Wildman–Crippen LogP) is 3.65. The molecule has 0 saturated carbocycles. The van der Waals surface area contributed by atoms with Gasteiger partial charge in [-0.05, 0) is 30.5 Å². The van der Waals surface area contributed by atoms with E-state index in [-0.39, 0.29) is 28.8 Å². The molecule has 0 spiro atoms. The maximum atomic E-state index is 12.6. The van der Waals surface area contributed by atoms with Gasteiger partial charge in [-0.2, -0.15) is 10.5 Å². The standard InChI is InChI=1S/C19H19N5OS/c1-11(2)15-6-4-5-7-16(15)23-18(25)12(3)26-19-14(10-21)8-13(9-20)17(22)24-19/h4-8,11-12H,1-3H3,(H2,22,24)(H,23,25)/t12-/m0/s1. The summed E-state index contributed by atoms with van der Waals surface area (Å²) >= 11 is 1.13. The van der Waals surface area contributed by atoms with Crippen LogP contribution in [-0.2, 0) is 4.79 Å². The molecule has 2 rings (SSSR count). The van der Waals surface area contributed by atoms with Gasteiger partial charge in [0.25, 0.3) is 0 Å². The van der Waals surface area contributed by atoms with Gasteiger partial charge < -0.3 is 11.1 Å². The van der Waals surface area contributed by atoms with Crippen LogP contribution >= 0.6 is 11.8 Å². The Morgan fingerprint density at radius 3 is 2.46 bits per heavy atom. The largest absolute Gasteiger partial charge is 0.383 e. The molecule has 6 nitrogen and oxygen atoms in total. The lowest BCUT2D eigenvalue weighted by Gasteiger charge is -2.16. The lowest BCUT2D eigenvalue weighted by Crippen LogP contribution is -2.23. The van der Waals surface area contributed by atoms with Crippen molar-refractivity contribution in [2.45, 2.75) is 37.0 Å². The minimum Gasteiger partial charge on any atom is -0.383 e. The summed E-state index contributed by atoms with van der Waals surface area (Å²) in [6, 6.07) is 12.9. The topological polar surface area (TPSA) is 116 Å². The van der Waals surface area contributed by atoms with E-state index < -0.39 is 5.25 Å². The number of carbonyl (C=O) groups excluding carboxylic acids is 1. The summed E-state index contributed by atoms with van der Waals surface area (Å²) in [6.45, 7) is 5.85. The molecular weight excluding hydrogens is 346 g/mol. The first kappa shape index (κ1) is 19.3. The summed E-state index contributed by atoms with van der Waals surface area (Å²) in [7, 11) is 0. The second kappa shape index (κ2) is 8.37. The van der Waals surface area contributed by atoms with Gasteiger partial charge in [-0.3, -0.25) is 4.79 Å². The van der Waals surface area contributed by atoms with E-state index in [2.05, 4.69) is 24.1 Å². The number of benzene rings is 1. The van der Waals surface area contributed by atoms with E-state index in [0.717, 1.165) is 23.0 Å². The molecule has 1 aromatic heterocycles. The third kappa shape index (κ3) is 4.33. The van der Waals surface area contributed by atoms with E-state index in [1.807, 2.05) is 36.4 Å². The maximum Gasteiger partial charge on any atom is 0.237 e. The van der Waals surface area contributed by atoms with E-state index in [4.69, 9.17) is 11.0 Å². The molecule has 0 fully saturated rings. The van der Waals surface area contributed by atoms with E-state index in [1.165, 1.54) is 6.07 Å². The second-order valence-electron chi connectivity index (χ2n) is 5.99. The first-order valence-corrected chi connectivity index (χ1v) is 8.92. The summed E-state index contributed by atoms with van der Waals surface area (Å²) < 4.78 is 0. The van der Waals surface area contributed by atoms with Crippen LogP contribution in [0.5, 0.6) is 0 Å². The van der Waals surface area contributed by atoms with Gasteiger partial charge in [-0.25, -0.2) is 4.98 Å². The van der Waals surface area contributed by atoms with Crippen LogP contribution in [0.25, 0.3) is 0 Å². The van der Waals surface area contributed by atoms with Crippen LogP contribution in [0.2, 0.25) is 0 Å². The molecule has 0 aliphatic heterocycles. The fraction of sp³-hybridized carbons (Fsp3) is 0.263. The average Bonchev–Trinajstić information content (AvgIpc) is 2.62. The minimum absolute atomic E-state index is 0.0479. The van der Waals surface area contributed by atoms with Crippen LogP contribution in [0, 0.1) is 22.7 Å². The number of nitrogen functional groups attached to an aromatic ring is 1. The quantitative estimate of drug-likeness (QED) is 0.781. The normalized spacial score (nSPS) is 11.5. The number of para-hydroxylation sites is 1. The van der Waals surface area contributed by atoms with Gasteiger partial charge in [-0.15, -0.1) is 0 Å². The molecule has 7 heteroatoms. The third-order valence-electron chi connectivity index (χ3n) is 3.76. The van der Waals surface area contributed by atoms with Crippen LogP contribution < -0.4 is 11.1 Å². The fourth-order valence-corrected chi connectivity index (χ4v) is 3.22. The van der Waals surface area contributed by atoms with Crippen molar-refractivity contribution in [1.29, 1.82) is 10.5 Å². The number of anilines is 2. The first-order valence-electron chi connectivity index (χ1n) is 8.04. The number of aromatic nitrogens is 1. The highest BCUT2D eigenvalue weighted by Gasteiger charge is 2.20. The van der Waals surface area contributed by atoms with Crippen LogP contribution in [0.4, 0.5) is 11.5 Å². The average molecular weight is 365 g/mol. The number of nitrogens with one attached hydrogen (secondary N) is 1. The molecule has 0 aliphatic carbocycles. The summed E-state index contributed by atoms with van der Waals surface area (Å²) in [5.41, 5.74) is 7.92. The highest BCUT2D eigenvalue weighted by molar-refractivity contribution is 8.00. The van der Waals surface area contributed by atoms with Crippen LogP contribution in [0.1, 0.15) is 43.4 Å². The van der Waals surface area contributed by atoms with Gasteiger partial charge in [0.15, 0.2) is 0 Å². The Morgan fingerprint density at radius 1 is 1.19 bits per heavy atom. The number of nitrogens with two attached hydrogens (primary N) is 1. The number of thioether (sulfide) groups is 1. The SMILES string of the molecule is CC(C)c1ccccc1NC(=O)[C@H](C)Sc1nc(N)c(C#N)cc1C#N. The minimum atomic E-state index is -0.498. The maximum absolute atomic E-state index is 12.6. The Morgan fingerprint density at radius 2 is 1.85 bits per heavy atom. The van der Waals surface area contributed by atoms with Gasteiger partial charge in [-0.1, -0.05) is 43.8 Å². The number of nitriles is 2. The van der Waals surface area contributed by atoms with Crippen LogP contribution in [0.15, 0.2) is 35.4 Å². The van der Waals surface area contributed by atoms with Crippen molar-refractivity contribution in [3.63, 3.8) is 0 Å². The molecule has 2 aromatic rings. The highest BCUT2D eigenvalue weighted by Crippen LogP contribution is 2.29. The zero-order valence-corrected chi connectivity index (χ0v) is 15.6. The molecule has 0 bridgehead atoms. The monoisotopic (exact) mass is 365 g/mol. The zero-order chi connectivity index (χ0) is 19.3. The zero-order valence-electron chi connectivity index (χ0n) is 14.8. The first-order chi connectivity index (χ1) is 12.4. The summed E-state index contributed by atoms with van der Waals surface area (Å²) in [6.07, 6.45) is 0. The molecule has 1 amide bonds. The number of hydrogen-bond donors (Lipinski definition) is 2. The third-order valence-corrected chi connectivity index (χ3v) is 4.86. The van der Waals surface area contributed by atoms with Gasteiger partial charge in [0, 0.05) is 5.69 Å². The number of pyridine rings is 1. The van der Waals surface area contributed by atoms with Gasteiger partial charge in [0.05, 0.1) is 16.4 Å². The lowest BCUT2D eigenvalue weighted by atomic mass is 10.0. The molecule has 26 heavy (non-hydrogen) atoms. The van der Waals surface area contributed by atoms with E-state index >= 15 is 0 Å². The summed E-state index contributed by atoms with van der Waals surface area (Å²) in [5.74, 6) is 0.128. The number of carbonyl (C=O) groups is 1. The Labute approximate surface area is 157 Å². The summed E-state index contributed by atoms with van der Waals surface area (Å²) in [4.78, 5) is 16.7. The molecule has 1 atom stereocenters. The Bertz CT molecular complexity index is 911. The molecule has 0 aliphatic rings. The van der Waals surface area contributed by atoms with Crippen molar-refractivity contribution in [1.82, 2.24) is 4.98 Å². The fourth-order valence-electron chi connectivity index (χ4n) is 2.34. The summed E-state index contributed by atoms with van der Waals surface area (Å²) in [5, 5.41) is 21.0. The molecule has 0 unspecified atom stereocenters. The number of nitrogens with zero attached hydrogens (tertiary/aromatic N) is 3. The predicted molar refractivity (Wildman–Crippen MR) is 103 cm³/mol. The van der Waals surface area contributed by atoms with Gasteiger partial charge in [0.1, 0.15) is 23.0 Å². The Hall–Kier alpha value is -3.03. The molecule has 1 aromatic carbocycles. The van der Waals surface area contributed by atoms with E-state index in [9.17, 15) is 10.1 Å². The van der Waals surface area contributed by atoms with Gasteiger partial charge >= 0.3 is 0 Å². The van der Waals surface area contributed by atoms with Gasteiger partial charge in [0.2, 0.25) is 5.91 Å². The molecule has 1 heterocycles. The molecule has 132 valence electrons. The number of rotatable bonds is 5. The van der Waals surface area contributed by atoms with Crippen LogP contribution in [0.3, 0.4) is 0 Å². The number of hydrogen-bond acceptors (Lipinski definition) is 6. The second-order valence-corrected chi connectivity index (χ2v) is 7.32. The van der Waals surface area contributed by atoms with Crippen molar-refractivity contribution in [3.05, 3.63) is 47.0 Å². The van der Waals surface area contributed by atoms with E-state index in [1.54, 1.807) is 6.92 Å². The van der Waals surface area contributed by atoms with E-state index in [0.29, 0.717) is 5.03 Å². The molecule has 0 radical (unpaired) electrons.